The second-order valence-electron chi connectivity index (χ2n) is 5.27. The number of carbonyl (C=O) groups is 1. The van der Waals surface area contributed by atoms with Crippen LogP contribution in [0.1, 0.15) is 22.3 Å². The second-order valence-corrected chi connectivity index (χ2v) is 5.27. The van der Waals surface area contributed by atoms with Crippen LogP contribution in [-0.4, -0.2) is 18.2 Å². The normalized spacial score (nSPS) is 20.0. The SMILES string of the molecule is O=C(OC1C=CC(OCc2ccccc2)C1)c1ccccc1. The fourth-order valence-corrected chi connectivity index (χ4v) is 2.40. The van der Waals surface area contributed by atoms with Gasteiger partial charge in [-0.3, -0.25) is 0 Å². The smallest absolute Gasteiger partial charge is 0.338 e. The van der Waals surface area contributed by atoms with Crippen molar-refractivity contribution in [1.29, 1.82) is 0 Å². The summed E-state index contributed by atoms with van der Waals surface area (Å²) in [6.07, 6.45) is 4.32. The molecule has 0 saturated carbocycles. The van der Waals surface area contributed by atoms with Gasteiger partial charge in [0.15, 0.2) is 0 Å². The van der Waals surface area contributed by atoms with Crippen molar-refractivity contribution >= 4 is 5.97 Å². The summed E-state index contributed by atoms with van der Waals surface area (Å²) in [5, 5.41) is 0. The Balaban J connectivity index is 1.47. The molecule has 1 aliphatic carbocycles. The molecule has 0 saturated heterocycles. The molecule has 2 unspecified atom stereocenters. The molecule has 0 amide bonds. The lowest BCUT2D eigenvalue weighted by molar-refractivity contribution is 0.0219. The Labute approximate surface area is 130 Å². The summed E-state index contributed by atoms with van der Waals surface area (Å²) in [5.74, 6) is -0.293. The monoisotopic (exact) mass is 294 g/mol. The van der Waals surface area contributed by atoms with Gasteiger partial charge in [-0.1, -0.05) is 54.6 Å². The fraction of sp³-hybridized carbons (Fsp3) is 0.211. The molecule has 1 aliphatic rings. The Kier molecular flexibility index (Phi) is 4.66. The number of benzene rings is 2. The number of esters is 1. The lowest BCUT2D eigenvalue weighted by Crippen LogP contribution is -2.18. The summed E-state index contributed by atoms with van der Waals surface area (Å²) in [5.41, 5.74) is 1.71. The van der Waals surface area contributed by atoms with Gasteiger partial charge in [0, 0.05) is 6.42 Å². The van der Waals surface area contributed by atoms with Crippen LogP contribution >= 0.6 is 0 Å². The van der Waals surface area contributed by atoms with Gasteiger partial charge in [-0.15, -0.1) is 0 Å². The lowest BCUT2D eigenvalue weighted by atomic mass is 10.2. The van der Waals surface area contributed by atoms with Crippen LogP contribution in [0.25, 0.3) is 0 Å². The van der Waals surface area contributed by atoms with E-state index in [-0.39, 0.29) is 18.2 Å². The predicted molar refractivity (Wildman–Crippen MR) is 84.4 cm³/mol. The minimum atomic E-state index is -0.293. The Morgan fingerprint density at radius 1 is 0.909 bits per heavy atom. The van der Waals surface area contributed by atoms with Gasteiger partial charge in [-0.2, -0.15) is 0 Å². The highest BCUT2D eigenvalue weighted by Crippen LogP contribution is 2.20. The molecule has 3 nitrogen and oxygen atoms in total. The first-order valence-electron chi connectivity index (χ1n) is 7.41. The van der Waals surface area contributed by atoms with E-state index >= 15 is 0 Å². The van der Waals surface area contributed by atoms with Gasteiger partial charge in [0.05, 0.1) is 18.3 Å². The molecule has 0 fully saturated rings. The van der Waals surface area contributed by atoms with E-state index < -0.39 is 0 Å². The Morgan fingerprint density at radius 2 is 1.55 bits per heavy atom. The second kappa shape index (κ2) is 7.05. The summed E-state index contributed by atoms with van der Waals surface area (Å²) < 4.78 is 11.3. The molecular formula is C19H18O3. The van der Waals surface area contributed by atoms with E-state index in [1.807, 2.05) is 60.7 Å². The fourth-order valence-electron chi connectivity index (χ4n) is 2.40. The molecule has 2 aromatic carbocycles. The van der Waals surface area contributed by atoms with Crippen LogP contribution in [-0.2, 0) is 16.1 Å². The zero-order valence-corrected chi connectivity index (χ0v) is 12.2. The van der Waals surface area contributed by atoms with Gasteiger partial charge < -0.3 is 9.47 Å². The van der Waals surface area contributed by atoms with Crippen LogP contribution in [0.4, 0.5) is 0 Å². The molecule has 0 aromatic heterocycles. The van der Waals surface area contributed by atoms with Crippen LogP contribution in [0.2, 0.25) is 0 Å². The minimum absolute atomic E-state index is 0.00576. The third-order valence-corrected chi connectivity index (χ3v) is 3.58. The predicted octanol–water partition coefficient (Wildman–Crippen LogP) is 3.76. The van der Waals surface area contributed by atoms with Crippen molar-refractivity contribution in [3.63, 3.8) is 0 Å². The summed E-state index contributed by atoms with van der Waals surface area (Å²) in [6.45, 7) is 0.565. The van der Waals surface area contributed by atoms with E-state index in [9.17, 15) is 4.79 Å². The topological polar surface area (TPSA) is 35.5 Å². The third-order valence-electron chi connectivity index (χ3n) is 3.58. The molecule has 0 aliphatic heterocycles. The van der Waals surface area contributed by atoms with Gasteiger partial charge in [0.25, 0.3) is 0 Å². The van der Waals surface area contributed by atoms with Crippen LogP contribution in [0.15, 0.2) is 72.8 Å². The average molecular weight is 294 g/mol. The van der Waals surface area contributed by atoms with Crippen molar-refractivity contribution in [1.82, 2.24) is 0 Å². The van der Waals surface area contributed by atoms with Crippen LogP contribution in [0.5, 0.6) is 0 Å². The largest absolute Gasteiger partial charge is 0.454 e. The number of ether oxygens (including phenoxy) is 2. The van der Waals surface area contributed by atoms with E-state index in [1.165, 1.54) is 0 Å². The first-order chi connectivity index (χ1) is 10.8. The molecule has 0 N–H and O–H groups in total. The Hall–Kier alpha value is -2.39. The molecule has 3 heteroatoms. The van der Waals surface area contributed by atoms with Crippen molar-refractivity contribution in [3.05, 3.63) is 83.9 Å². The van der Waals surface area contributed by atoms with E-state index in [4.69, 9.17) is 9.47 Å². The Bertz CT molecular complexity index is 634. The van der Waals surface area contributed by atoms with Gasteiger partial charge in [-0.05, 0) is 23.8 Å². The molecule has 3 rings (SSSR count). The van der Waals surface area contributed by atoms with Crippen LogP contribution < -0.4 is 0 Å². The maximum Gasteiger partial charge on any atom is 0.338 e. The molecule has 112 valence electrons. The molecular weight excluding hydrogens is 276 g/mol. The van der Waals surface area contributed by atoms with E-state index in [2.05, 4.69) is 0 Å². The zero-order valence-electron chi connectivity index (χ0n) is 12.2. The quantitative estimate of drug-likeness (QED) is 0.622. The Morgan fingerprint density at radius 3 is 2.27 bits per heavy atom. The third kappa shape index (κ3) is 3.83. The van der Waals surface area contributed by atoms with Crippen LogP contribution in [0.3, 0.4) is 0 Å². The van der Waals surface area contributed by atoms with Crippen molar-refractivity contribution in [3.8, 4) is 0 Å². The minimum Gasteiger partial charge on any atom is -0.454 e. The van der Waals surface area contributed by atoms with Gasteiger partial charge in [0.2, 0.25) is 0 Å². The van der Waals surface area contributed by atoms with Crippen LogP contribution in [0, 0.1) is 0 Å². The van der Waals surface area contributed by atoms with Gasteiger partial charge >= 0.3 is 5.97 Å². The molecule has 0 heterocycles. The van der Waals surface area contributed by atoms with Gasteiger partial charge in [0.1, 0.15) is 6.10 Å². The molecule has 0 radical (unpaired) electrons. The molecule has 2 aromatic rings. The number of hydrogen-bond donors (Lipinski definition) is 0. The van der Waals surface area contributed by atoms with Gasteiger partial charge in [-0.25, -0.2) is 4.79 Å². The molecule has 0 bridgehead atoms. The highest BCUT2D eigenvalue weighted by molar-refractivity contribution is 5.89. The standard InChI is InChI=1S/C19H18O3/c20-19(16-9-5-2-6-10-16)22-18-12-11-17(13-18)21-14-15-7-3-1-4-8-15/h1-12,17-18H,13-14H2. The van der Waals surface area contributed by atoms with Crippen molar-refractivity contribution in [2.24, 2.45) is 0 Å². The maximum atomic E-state index is 12.0. The highest BCUT2D eigenvalue weighted by atomic mass is 16.5. The first kappa shape index (κ1) is 14.5. The first-order valence-corrected chi connectivity index (χ1v) is 7.41. The molecule has 0 spiro atoms. The van der Waals surface area contributed by atoms with Crippen molar-refractivity contribution in [2.45, 2.75) is 25.2 Å². The average Bonchev–Trinajstić information content (AvgIpc) is 3.02. The number of rotatable bonds is 5. The number of carbonyl (C=O) groups excluding carboxylic acids is 1. The van der Waals surface area contributed by atoms with Crippen molar-refractivity contribution < 1.29 is 14.3 Å². The van der Waals surface area contributed by atoms with E-state index in [1.54, 1.807) is 12.1 Å². The van der Waals surface area contributed by atoms with Crippen molar-refractivity contribution in [2.75, 3.05) is 0 Å². The number of hydrogen-bond acceptors (Lipinski definition) is 3. The summed E-state index contributed by atoms with van der Waals surface area (Å²) in [6, 6.07) is 19.1. The molecule has 22 heavy (non-hydrogen) atoms. The summed E-state index contributed by atoms with van der Waals surface area (Å²) in [7, 11) is 0. The van der Waals surface area contributed by atoms with E-state index in [0.29, 0.717) is 18.6 Å². The molecule has 2 atom stereocenters. The lowest BCUT2D eigenvalue weighted by Gasteiger charge is -2.14. The highest BCUT2D eigenvalue weighted by Gasteiger charge is 2.23. The zero-order chi connectivity index (χ0) is 15.2. The van der Waals surface area contributed by atoms with E-state index in [0.717, 1.165) is 5.56 Å². The summed E-state index contributed by atoms with van der Waals surface area (Å²) >= 11 is 0. The summed E-state index contributed by atoms with van der Waals surface area (Å²) in [4.78, 5) is 12.0. The maximum absolute atomic E-state index is 12.0.